The topological polar surface area (TPSA) is 85.6 Å². The zero-order valence-electron chi connectivity index (χ0n) is 25.3. The van der Waals surface area contributed by atoms with Crippen molar-refractivity contribution in [2.24, 2.45) is 0 Å². The van der Waals surface area contributed by atoms with Crippen LogP contribution in [0.3, 0.4) is 0 Å². The van der Waals surface area contributed by atoms with Crippen molar-refractivity contribution in [1.82, 2.24) is 0 Å². The summed E-state index contributed by atoms with van der Waals surface area (Å²) in [7, 11) is 5.87. The summed E-state index contributed by atoms with van der Waals surface area (Å²) in [6.07, 6.45) is 3.58. The molecule has 5 aromatic rings. The van der Waals surface area contributed by atoms with Crippen LogP contribution in [0.5, 0.6) is 34.5 Å². The fourth-order valence-corrected chi connectivity index (χ4v) is 4.84. The van der Waals surface area contributed by atoms with Gasteiger partial charge in [-0.3, -0.25) is 4.79 Å². The van der Waals surface area contributed by atoms with Crippen molar-refractivity contribution in [1.29, 1.82) is 0 Å². The van der Waals surface area contributed by atoms with E-state index in [1.54, 1.807) is 13.0 Å². The first-order valence-electron chi connectivity index (χ1n) is 14.0. The SMILES string of the molecule is COc1c(OC)c(OC)c2c(=O)c(C)c(/C=C/c3ccc(OCc4ccccc4)c(OCc4ccccc4)c3)oc2c1OC. The number of methoxy groups -OCH3 is 4. The van der Waals surface area contributed by atoms with Crippen molar-refractivity contribution in [3.05, 3.63) is 117 Å². The van der Waals surface area contributed by atoms with E-state index in [-0.39, 0.29) is 39.4 Å². The predicted molar refractivity (Wildman–Crippen MR) is 170 cm³/mol. The average molecular weight is 595 g/mol. The van der Waals surface area contributed by atoms with E-state index < -0.39 is 0 Å². The van der Waals surface area contributed by atoms with Crippen molar-refractivity contribution < 1.29 is 32.8 Å². The highest BCUT2D eigenvalue weighted by Gasteiger charge is 2.28. The maximum absolute atomic E-state index is 13.6. The zero-order valence-corrected chi connectivity index (χ0v) is 25.3. The molecule has 0 aliphatic rings. The van der Waals surface area contributed by atoms with Crippen LogP contribution in [0.2, 0.25) is 0 Å². The second-order valence-electron chi connectivity index (χ2n) is 9.85. The van der Waals surface area contributed by atoms with Gasteiger partial charge in [-0.15, -0.1) is 0 Å². The molecule has 0 aliphatic carbocycles. The number of ether oxygens (including phenoxy) is 6. The summed E-state index contributed by atoms with van der Waals surface area (Å²) < 4.78 is 40.8. The van der Waals surface area contributed by atoms with Crippen LogP contribution in [0.25, 0.3) is 23.1 Å². The summed E-state index contributed by atoms with van der Waals surface area (Å²) in [6.45, 7) is 2.47. The van der Waals surface area contributed by atoms with E-state index in [1.807, 2.05) is 84.9 Å². The van der Waals surface area contributed by atoms with Crippen LogP contribution >= 0.6 is 0 Å². The molecule has 0 fully saturated rings. The molecule has 0 bridgehead atoms. The molecule has 0 amide bonds. The van der Waals surface area contributed by atoms with Crippen molar-refractivity contribution >= 4 is 23.1 Å². The minimum Gasteiger partial charge on any atom is -0.492 e. The van der Waals surface area contributed by atoms with Gasteiger partial charge in [0.2, 0.25) is 17.2 Å². The molecule has 0 radical (unpaired) electrons. The first kappa shape index (κ1) is 30.1. The van der Waals surface area contributed by atoms with Crippen LogP contribution in [0.4, 0.5) is 0 Å². The Morgan fingerprint density at radius 3 is 1.75 bits per heavy atom. The highest BCUT2D eigenvalue weighted by Crippen LogP contribution is 2.50. The number of benzene rings is 4. The Hall–Kier alpha value is -5.37. The summed E-state index contributed by atoms with van der Waals surface area (Å²) in [5, 5.41) is 0.202. The van der Waals surface area contributed by atoms with Crippen LogP contribution < -0.4 is 33.8 Å². The van der Waals surface area contributed by atoms with E-state index in [1.165, 1.54) is 28.4 Å². The Morgan fingerprint density at radius 1 is 0.636 bits per heavy atom. The highest BCUT2D eigenvalue weighted by molar-refractivity contribution is 5.95. The average Bonchev–Trinajstić information content (AvgIpc) is 3.07. The predicted octanol–water partition coefficient (Wildman–Crippen LogP) is 7.46. The number of fused-ring (bicyclic) bond motifs is 1. The largest absolute Gasteiger partial charge is 0.492 e. The van der Waals surface area contributed by atoms with Crippen molar-refractivity contribution in [3.8, 4) is 34.5 Å². The third kappa shape index (κ3) is 6.20. The van der Waals surface area contributed by atoms with Gasteiger partial charge >= 0.3 is 0 Å². The zero-order chi connectivity index (χ0) is 31.1. The summed E-state index contributed by atoms with van der Waals surface area (Å²) in [6, 6.07) is 25.6. The minimum absolute atomic E-state index is 0.189. The van der Waals surface area contributed by atoms with Crippen molar-refractivity contribution in [3.63, 3.8) is 0 Å². The lowest BCUT2D eigenvalue weighted by atomic mass is 10.1. The lowest BCUT2D eigenvalue weighted by molar-refractivity contribution is 0.256. The molecule has 0 saturated heterocycles. The Bertz CT molecular complexity index is 1830. The molecule has 0 atom stereocenters. The summed E-state index contributed by atoms with van der Waals surface area (Å²) >= 11 is 0. The maximum Gasteiger partial charge on any atom is 0.211 e. The van der Waals surface area contributed by atoms with Crippen LogP contribution in [0.1, 0.15) is 28.0 Å². The molecular weight excluding hydrogens is 560 g/mol. The molecule has 0 spiro atoms. The van der Waals surface area contributed by atoms with Gasteiger partial charge < -0.3 is 32.8 Å². The smallest absolute Gasteiger partial charge is 0.211 e. The van der Waals surface area contributed by atoms with Gasteiger partial charge in [0, 0.05) is 5.56 Å². The van der Waals surface area contributed by atoms with Gasteiger partial charge in [-0.25, -0.2) is 0 Å². The molecular formula is C36H34O8. The summed E-state index contributed by atoms with van der Waals surface area (Å²) in [5.41, 5.74) is 3.21. The lowest BCUT2D eigenvalue weighted by Crippen LogP contribution is -2.11. The second-order valence-corrected chi connectivity index (χ2v) is 9.85. The van der Waals surface area contributed by atoms with Gasteiger partial charge in [0.1, 0.15) is 24.4 Å². The van der Waals surface area contributed by atoms with Gasteiger partial charge in [-0.2, -0.15) is 0 Å². The van der Waals surface area contributed by atoms with Crippen molar-refractivity contribution in [2.75, 3.05) is 28.4 Å². The minimum atomic E-state index is -0.279. The first-order valence-corrected chi connectivity index (χ1v) is 14.0. The number of hydrogen-bond acceptors (Lipinski definition) is 8. The van der Waals surface area contributed by atoms with E-state index >= 15 is 0 Å². The van der Waals surface area contributed by atoms with Gasteiger partial charge in [-0.1, -0.05) is 72.8 Å². The van der Waals surface area contributed by atoms with Crippen LogP contribution in [-0.2, 0) is 13.2 Å². The molecule has 226 valence electrons. The molecule has 0 N–H and O–H groups in total. The molecule has 1 aromatic heterocycles. The van der Waals surface area contributed by atoms with E-state index in [2.05, 4.69) is 0 Å². The van der Waals surface area contributed by atoms with Crippen LogP contribution in [-0.4, -0.2) is 28.4 Å². The summed E-state index contributed by atoms with van der Waals surface area (Å²) in [4.78, 5) is 13.6. The van der Waals surface area contributed by atoms with Gasteiger partial charge in [0.05, 0.1) is 28.4 Å². The number of hydrogen-bond donors (Lipinski definition) is 0. The standard InChI is InChI=1S/C36H34O8/c1-23-27(44-33-30(31(23)37)32(38-2)34(39-3)36(41-5)35(33)40-4)18-16-24-17-19-28(42-21-25-12-8-6-9-13-25)29(20-24)43-22-26-14-10-7-11-15-26/h6-20H,21-22H2,1-5H3/b18-16+. The van der Waals surface area contributed by atoms with Gasteiger partial charge in [0.25, 0.3) is 0 Å². The molecule has 0 saturated carbocycles. The molecule has 0 unspecified atom stereocenters. The third-order valence-corrected chi connectivity index (χ3v) is 7.11. The third-order valence-electron chi connectivity index (χ3n) is 7.11. The normalized spacial score (nSPS) is 11.0. The molecule has 44 heavy (non-hydrogen) atoms. The highest BCUT2D eigenvalue weighted by atomic mass is 16.5. The summed E-state index contributed by atoms with van der Waals surface area (Å²) in [5.74, 6) is 2.49. The molecule has 4 aromatic carbocycles. The van der Waals surface area contributed by atoms with Crippen molar-refractivity contribution in [2.45, 2.75) is 20.1 Å². The van der Waals surface area contributed by atoms with Crippen LogP contribution in [0, 0.1) is 6.92 Å². The Labute approximate surface area is 256 Å². The second kappa shape index (κ2) is 13.7. The fourth-order valence-electron chi connectivity index (χ4n) is 4.84. The Balaban J connectivity index is 1.52. The molecule has 5 rings (SSSR count). The molecule has 8 nitrogen and oxygen atoms in total. The Morgan fingerprint density at radius 2 is 1.18 bits per heavy atom. The van der Waals surface area contributed by atoms with E-state index in [9.17, 15) is 4.79 Å². The fraction of sp³-hybridized carbons (Fsp3) is 0.194. The van der Waals surface area contributed by atoms with Crippen LogP contribution in [0.15, 0.2) is 88.1 Å². The van der Waals surface area contributed by atoms with E-state index in [4.69, 9.17) is 32.8 Å². The monoisotopic (exact) mass is 594 g/mol. The molecule has 8 heteroatoms. The van der Waals surface area contributed by atoms with Gasteiger partial charge in [0.15, 0.2) is 28.3 Å². The number of rotatable bonds is 12. The quantitative estimate of drug-likeness (QED) is 0.147. The molecule has 1 heterocycles. The van der Waals surface area contributed by atoms with E-state index in [0.717, 1.165) is 16.7 Å². The lowest BCUT2D eigenvalue weighted by Gasteiger charge is -2.18. The van der Waals surface area contributed by atoms with E-state index in [0.29, 0.717) is 36.0 Å². The first-order chi connectivity index (χ1) is 21.5. The Kier molecular flexibility index (Phi) is 9.40. The van der Waals surface area contributed by atoms with Gasteiger partial charge in [-0.05, 0) is 41.8 Å². The molecule has 0 aliphatic heterocycles. The maximum atomic E-state index is 13.6.